The molecule has 0 aromatic heterocycles. The topological polar surface area (TPSA) is 50.1 Å². The van der Waals surface area contributed by atoms with Gasteiger partial charge in [0.2, 0.25) is 0 Å². The van der Waals surface area contributed by atoms with Crippen molar-refractivity contribution in [2.75, 3.05) is 0 Å². The molecule has 0 aliphatic heterocycles. The number of ether oxygens (including phenoxy) is 1. The molecule has 1 aromatic rings. The third kappa shape index (κ3) is 5.71. The van der Waals surface area contributed by atoms with Gasteiger partial charge in [0.25, 0.3) is 0 Å². The summed E-state index contributed by atoms with van der Waals surface area (Å²) in [6.07, 6.45) is 4.52. The number of benzene rings is 1. The van der Waals surface area contributed by atoms with Gasteiger partial charge in [-0.1, -0.05) is 47.8 Å². The molecule has 4 heteroatoms. The number of unbranched alkanes of at least 4 members (excludes halogenated alkanes) is 2. The van der Waals surface area contributed by atoms with E-state index in [1.54, 1.807) is 12.1 Å². The maximum absolute atomic E-state index is 11.4. The molecule has 1 rings (SSSR count). The number of halogens is 1. The predicted octanol–water partition coefficient (Wildman–Crippen LogP) is 4.44. The molecule has 0 saturated carbocycles. The molecule has 0 fully saturated rings. The van der Waals surface area contributed by atoms with Gasteiger partial charge >= 0.3 is 5.97 Å². The summed E-state index contributed by atoms with van der Waals surface area (Å²) in [6, 6.07) is 9.29. The summed E-state index contributed by atoms with van der Waals surface area (Å²) >= 11 is 3.33. The quantitative estimate of drug-likeness (QED) is 0.337. The Morgan fingerprint density at radius 3 is 2.63 bits per heavy atom. The Kier molecular flexibility index (Phi) is 6.91. The minimum atomic E-state index is -0.293. The molecule has 0 radical (unpaired) electrons. The van der Waals surface area contributed by atoms with Gasteiger partial charge in [-0.3, -0.25) is 4.79 Å². The lowest BCUT2D eigenvalue weighted by Gasteiger charge is -2.01. The highest BCUT2D eigenvalue weighted by Gasteiger charge is 2.04. The third-order valence-corrected chi connectivity index (χ3v) is 3.10. The fraction of sp³-hybridized carbons (Fsp3) is 0.333. The van der Waals surface area contributed by atoms with Crippen LogP contribution >= 0.6 is 15.9 Å². The summed E-state index contributed by atoms with van der Waals surface area (Å²) in [5, 5.41) is 9.05. The van der Waals surface area contributed by atoms with Crippen LogP contribution in [0.4, 0.5) is 0 Å². The van der Waals surface area contributed by atoms with E-state index in [4.69, 9.17) is 10.00 Å². The Labute approximate surface area is 122 Å². The van der Waals surface area contributed by atoms with Gasteiger partial charge in [-0.2, -0.15) is 5.26 Å². The van der Waals surface area contributed by atoms with Crippen LogP contribution in [-0.4, -0.2) is 5.97 Å². The van der Waals surface area contributed by atoms with Gasteiger partial charge in [-0.25, -0.2) is 0 Å². The van der Waals surface area contributed by atoms with E-state index < -0.39 is 0 Å². The van der Waals surface area contributed by atoms with E-state index in [2.05, 4.69) is 22.9 Å². The van der Waals surface area contributed by atoms with Crippen molar-refractivity contribution in [3.63, 3.8) is 0 Å². The van der Waals surface area contributed by atoms with Crippen molar-refractivity contribution in [2.24, 2.45) is 0 Å². The molecule has 0 aliphatic carbocycles. The molecule has 0 aliphatic rings. The van der Waals surface area contributed by atoms with E-state index in [9.17, 15) is 4.79 Å². The number of hydrogen-bond donors (Lipinski definition) is 0. The summed E-state index contributed by atoms with van der Waals surface area (Å²) in [6.45, 7) is 2.08. The van der Waals surface area contributed by atoms with Crippen molar-refractivity contribution in [3.8, 4) is 6.07 Å². The molecule has 0 heterocycles. The highest BCUT2D eigenvalue weighted by atomic mass is 79.9. The van der Waals surface area contributed by atoms with Crippen molar-refractivity contribution in [1.82, 2.24) is 0 Å². The zero-order valence-corrected chi connectivity index (χ0v) is 12.4. The van der Waals surface area contributed by atoms with E-state index >= 15 is 0 Å². The molecule has 100 valence electrons. The van der Waals surface area contributed by atoms with Gasteiger partial charge in [-0.15, -0.1) is 0 Å². The first-order valence-corrected chi connectivity index (χ1v) is 7.02. The monoisotopic (exact) mass is 321 g/mol. The second-order valence-corrected chi connectivity index (χ2v) is 5.01. The molecule has 19 heavy (non-hydrogen) atoms. The van der Waals surface area contributed by atoms with Crippen molar-refractivity contribution in [1.29, 1.82) is 5.26 Å². The highest BCUT2D eigenvalue weighted by Crippen LogP contribution is 2.17. The van der Waals surface area contributed by atoms with Gasteiger partial charge < -0.3 is 4.74 Å². The predicted molar refractivity (Wildman–Crippen MR) is 78.0 cm³/mol. The Morgan fingerprint density at radius 1 is 1.37 bits per heavy atom. The number of allylic oxidation sites excluding steroid dienone is 1. The summed E-state index contributed by atoms with van der Waals surface area (Å²) in [7, 11) is 0. The van der Waals surface area contributed by atoms with Crippen LogP contribution in [0.5, 0.6) is 0 Å². The normalized spacial score (nSPS) is 10.9. The maximum atomic E-state index is 11.4. The van der Waals surface area contributed by atoms with Crippen LogP contribution in [0.1, 0.15) is 38.2 Å². The fourth-order valence-electron chi connectivity index (χ4n) is 1.49. The summed E-state index contributed by atoms with van der Waals surface area (Å²) in [5.41, 5.74) is 1.07. The number of carbonyl (C=O) groups is 1. The van der Waals surface area contributed by atoms with Gasteiger partial charge in [0.05, 0.1) is 5.57 Å². The largest absolute Gasteiger partial charge is 0.433 e. The Bertz CT molecular complexity index is 486. The first kappa shape index (κ1) is 15.5. The van der Waals surface area contributed by atoms with Crippen molar-refractivity contribution < 1.29 is 9.53 Å². The molecule has 0 spiro atoms. The molecule has 0 unspecified atom stereocenters. The molecule has 0 bridgehead atoms. The Hall–Kier alpha value is -1.60. The smallest absolute Gasteiger partial charge is 0.310 e. The molecule has 0 N–H and O–H groups in total. The summed E-state index contributed by atoms with van der Waals surface area (Å²) in [4.78, 5) is 11.4. The lowest BCUT2D eigenvalue weighted by atomic mass is 10.1. The van der Waals surface area contributed by atoms with E-state index in [1.165, 1.54) is 6.26 Å². The van der Waals surface area contributed by atoms with Gasteiger partial charge in [0, 0.05) is 10.9 Å². The number of nitriles is 1. The zero-order valence-electron chi connectivity index (χ0n) is 10.9. The number of nitrogens with zero attached hydrogens (tertiary/aromatic N) is 1. The Morgan fingerprint density at radius 2 is 2.05 bits per heavy atom. The average molecular weight is 322 g/mol. The molecular weight excluding hydrogens is 306 g/mol. The average Bonchev–Trinajstić information content (AvgIpc) is 2.41. The first-order valence-electron chi connectivity index (χ1n) is 6.23. The van der Waals surface area contributed by atoms with Crippen LogP contribution in [0.15, 0.2) is 35.0 Å². The summed E-state index contributed by atoms with van der Waals surface area (Å²) < 4.78 is 5.93. The van der Waals surface area contributed by atoms with Gasteiger partial charge in [0.1, 0.15) is 12.3 Å². The minimum absolute atomic E-state index is 0.293. The van der Waals surface area contributed by atoms with Crippen LogP contribution in [0.3, 0.4) is 0 Å². The molecule has 0 atom stereocenters. The van der Waals surface area contributed by atoms with Crippen molar-refractivity contribution in [3.05, 3.63) is 40.6 Å². The lowest BCUT2D eigenvalue weighted by molar-refractivity contribution is -0.138. The minimum Gasteiger partial charge on any atom is -0.433 e. The van der Waals surface area contributed by atoms with Crippen LogP contribution < -0.4 is 0 Å². The molecule has 1 aromatic carbocycles. The van der Waals surface area contributed by atoms with E-state index in [0.717, 1.165) is 29.3 Å². The van der Waals surface area contributed by atoms with Crippen molar-refractivity contribution in [2.45, 2.75) is 32.6 Å². The highest BCUT2D eigenvalue weighted by molar-refractivity contribution is 9.10. The van der Waals surface area contributed by atoms with E-state index in [0.29, 0.717) is 12.0 Å². The maximum Gasteiger partial charge on any atom is 0.310 e. The SMILES string of the molecule is CCCCCC(=O)O/C=C(\C#N)c1ccc(Br)cc1. The van der Waals surface area contributed by atoms with Gasteiger partial charge in [-0.05, 0) is 24.1 Å². The number of hydrogen-bond acceptors (Lipinski definition) is 3. The summed E-state index contributed by atoms with van der Waals surface area (Å²) in [5.74, 6) is -0.293. The van der Waals surface area contributed by atoms with Crippen LogP contribution in [-0.2, 0) is 9.53 Å². The number of carbonyl (C=O) groups excluding carboxylic acids is 1. The van der Waals surface area contributed by atoms with Crippen LogP contribution in [0, 0.1) is 11.3 Å². The number of esters is 1. The van der Waals surface area contributed by atoms with E-state index in [-0.39, 0.29) is 5.97 Å². The standard InChI is InChI=1S/C15H16BrNO2/c1-2-3-4-5-15(18)19-11-13(10-17)12-6-8-14(16)9-7-12/h6-9,11H,2-5H2,1H3/b13-11+. The second kappa shape index (κ2) is 8.49. The molecule has 3 nitrogen and oxygen atoms in total. The van der Waals surface area contributed by atoms with Crippen LogP contribution in [0.25, 0.3) is 5.57 Å². The first-order chi connectivity index (χ1) is 9.17. The van der Waals surface area contributed by atoms with Gasteiger partial charge in [0.15, 0.2) is 0 Å². The van der Waals surface area contributed by atoms with Crippen LogP contribution in [0.2, 0.25) is 0 Å². The molecular formula is C15H16BrNO2. The molecule has 0 saturated heterocycles. The third-order valence-electron chi connectivity index (χ3n) is 2.57. The number of rotatable bonds is 6. The second-order valence-electron chi connectivity index (χ2n) is 4.10. The van der Waals surface area contributed by atoms with Crippen molar-refractivity contribution >= 4 is 27.5 Å². The lowest BCUT2D eigenvalue weighted by Crippen LogP contribution is -1.99. The van der Waals surface area contributed by atoms with E-state index in [1.807, 2.05) is 18.2 Å². The fourth-order valence-corrected chi connectivity index (χ4v) is 1.76. The molecule has 0 amide bonds. The Balaban J connectivity index is 2.60. The zero-order chi connectivity index (χ0) is 14.1.